The fourth-order valence-corrected chi connectivity index (χ4v) is 10.4. The highest BCUT2D eigenvalue weighted by Gasteiger charge is 2.49. The lowest BCUT2D eigenvalue weighted by molar-refractivity contribution is 0.465. The summed E-state index contributed by atoms with van der Waals surface area (Å²) >= 11 is 0. The Morgan fingerprint density at radius 1 is 0.396 bits per heavy atom. The van der Waals surface area contributed by atoms with E-state index in [2.05, 4.69) is 80.6 Å². The minimum atomic E-state index is -3.58. The highest BCUT2D eigenvalue weighted by molar-refractivity contribution is 7.86. The zero-order chi connectivity index (χ0) is 32.4. The second kappa shape index (κ2) is 11.0. The van der Waals surface area contributed by atoms with Crippen molar-refractivity contribution < 1.29 is 14.0 Å². The third-order valence-corrected chi connectivity index (χ3v) is 12.7. The van der Waals surface area contributed by atoms with Crippen molar-refractivity contribution in [3.05, 3.63) is 163 Å². The van der Waals surface area contributed by atoms with Gasteiger partial charge in [-0.25, -0.2) is 0 Å². The molecule has 0 N–H and O–H groups in total. The molecule has 0 atom stereocenters. The number of rotatable bonds is 4. The summed E-state index contributed by atoms with van der Waals surface area (Å²) < 4.78 is 30.9. The van der Waals surface area contributed by atoms with Gasteiger partial charge in [-0.05, 0) is 65.4 Å². The fourth-order valence-electron chi connectivity index (χ4n) is 7.30. The lowest BCUT2D eigenvalue weighted by atomic mass is 9.92. The lowest BCUT2D eigenvalue weighted by Gasteiger charge is -2.38. The number of hydrogen-bond donors (Lipinski definition) is 0. The maximum atomic E-state index is 16.7. The average molecular weight is 639 g/mol. The molecule has 9 rings (SSSR count). The van der Waals surface area contributed by atoms with E-state index in [1.165, 1.54) is 0 Å². The molecule has 0 amide bonds. The van der Waals surface area contributed by atoms with Crippen LogP contribution < -0.4 is 25.4 Å². The van der Waals surface area contributed by atoms with Crippen LogP contribution >= 0.6 is 7.14 Å². The predicted octanol–water partition coefficient (Wildman–Crippen LogP) is 10.8. The van der Waals surface area contributed by atoms with Crippen LogP contribution in [0, 0.1) is 13.8 Å². The van der Waals surface area contributed by atoms with Crippen molar-refractivity contribution in [2.75, 3.05) is 0 Å². The standard InChI is InChI=1S/C44H31O3P/c1-28-15-9-11-21-32(28)36-27-37(33-22-12-10-16-29(33)2)43-44-42(36)46-40-34(30-17-5-3-6-18-30)23-13-25-38(40)48(44,45)39-26-14-24-35(41(39)47-43)31-19-7-4-8-20-31/h3-27H,1-2H3. The van der Waals surface area contributed by atoms with E-state index in [1.54, 1.807) is 0 Å². The molecule has 230 valence electrons. The van der Waals surface area contributed by atoms with Gasteiger partial charge in [0.15, 0.2) is 18.6 Å². The molecular weight excluding hydrogens is 607 g/mol. The van der Waals surface area contributed by atoms with E-state index in [0.717, 1.165) is 55.6 Å². The summed E-state index contributed by atoms with van der Waals surface area (Å²) in [4.78, 5) is 0. The third-order valence-electron chi connectivity index (χ3n) is 9.64. The molecular formula is C44H31O3P. The number of aryl methyl sites for hydroxylation is 2. The van der Waals surface area contributed by atoms with Gasteiger partial charge in [0, 0.05) is 22.3 Å². The number of hydrogen-bond acceptors (Lipinski definition) is 3. The Kier molecular flexibility index (Phi) is 6.54. The van der Waals surface area contributed by atoms with Gasteiger partial charge >= 0.3 is 0 Å². The highest BCUT2D eigenvalue weighted by Crippen LogP contribution is 2.63. The first-order valence-electron chi connectivity index (χ1n) is 16.2. The van der Waals surface area contributed by atoms with Crippen molar-refractivity contribution in [1.82, 2.24) is 0 Å². The Bertz CT molecular complexity index is 2280. The van der Waals surface area contributed by atoms with Crippen LogP contribution in [0.1, 0.15) is 11.1 Å². The first-order chi connectivity index (χ1) is 23.5. The molecule has 0 bridgehead atoms. The fraction of sp³-hybridized carbons (Fsp3) is 0.0455. The quantitative estimate of drug-likeness (QED) is 0.180. The highest BCUT2D eigenvalue weighted by atomic mass is 31.2. The van der Waals surface area contributed by atoms with Gasteiger partial charge in [-0.1, -0.05) is 133 Å². The molecule has 7 aromatic rings. The molecule has 0 spiro atoms. The summed E-state index contributed by atoms with van der Waals surface area (Å²) in [5.74, 6) is 2.43. The minimum absolute atomic E-state index is 0.589. The van der Waals surface area contributed by atoms with Crippen LogP contribution in [0.5, 0.6) is 23.0 Å². The van der Waals surface area contributed by atoms with Crippen molar-refractivity contribution in [2.24, 2.45) is 0 Å². The number of benzene rings is 7. The number of fused-ring (bicyclic) bond motifs is 4. The number of para-hydroxylation sites is 2. The van der Waals surface area contributed by atoms with Crippen LogP contribution in [-0.4, -0.2) is 0 Å². The normalized spacial score (nSPS) is 13.4. The van der Waals surface area contributed by atoms with Gasteiger partial charge < -0.3 is 14.0 Å². The number of ether oxygens (including phenoxy) is 2. The Hall–Kier alpha value is -5.63. The van der Waals surface area contributed by atoms with Gasteiger partial charge in [0.2, 0.25) is 0 Å². The molecule has 2 aliphatic rings. The van der Waals surface area contributed by atoms with Crippen molar-refractivity contribution in [2.45, 2.75) is 13.8 Å². The molecule has 0 unspecified atom stereocenters. The Morgan fingerprint density at radius 2 is 0.792 bits per heavy atom. The molecule has 4 heteroatoms. The maximum Gasteiger partial charge on any atom is 0.185 e. The van der Waals surface area contributed by atoms with E-state index in [-0.39, 0.29) is 0 Å². The molecule has 2 heterocycles. The summed E-state index contributed by atoms with van der Waals surface area (Å²) in [6.07, 6.45) is 0. The van der Waals surface area contributed by atoms with E-state index in [4.69, 9.17) is 9.47 Å². The van der Waals surface area contributed by atoms with Crippen LogP contribution in [0.2, 0.25) is 0 Å². The maximum absolute atomic E-state index is 16.7. The zero-order valence-corrected chi connectivity index (χ0v) is 27.5. The van der Waals surface area contributed by atoms with E-state index in [9.17, 15) is 0 Å². The molecule has 0 fully saturated rings. The van der Waals surface area contributed by atoms with Gasteiger partial charge in [-0.15, -0.1) is 0 Å². The largest absolute Gasteiger partial charge is 0.454 e. The first kappa shape index (κ1) is 28.6. The molecule has 0 aliphatic carbocycles. The van der Waals surface area contributed by atoms with Crippen molar-refractivity contribution in [1.29, 1.82) is 0 Å². The van der Waals surface area contributed by atoms with Crippen LogP contribution in [0.25, 0.3) is 44.5 Å². The van der Waals surface area contributed by atoms with Crippen molar-refractivity contribution >= 4 is 23.1 Å². The van der Waals surface area contributed by atoms with Crippen LogP contribution in [-0.2, 0) is 4.57 Å². The van der Waals surface area contributed by atoms with E-state index < -0.39 is 7.14 Å². The average Bonchev–Trinajstić information content (AvgIpc) is 3.13. The summed E-state index contributed by atoms with van der Waals surface area (Å²) in [5, 5.41) is 1.99. The van der Waals surface area contributed by atoms with E-state index >= 15 is 4.57 Å². The topological polar surface area (TPSA) is 35.5 Å². The van der Waals surface area contributed by atoms with Gasteiger partial charge in [-0.3, -0.25) is 0 Å². The van der Waals surface area contributed by atoms with Crippen LogP contribution in [0.15, 0.2) is 152 Å². The zero-order valence-electron chi connectivity index (χ0n) is 26.6. The van der Waals surface area contributed by atoms with Crippen LogP contribution in [0.3, 0.4) is 0 Å². The molecule has 48 heavy (non-hydrogen) atoms. The summed E-state index contributed by atoms with van der Waals surface area (Å²) in [6.45, 7) is 4.22. The molecule has 0 aromatic heterocycles. The van der Waals surface area contributed by atoms with Crippen molar-refractivity contribution in [3.63, 3.8) is 0 Å². The summed E-state index contributed by atoms with van der Waals surface area (Å²) in [7, 11) is -3.58. The van der Waals surface area contributed by atoms with E-state index in [0.29, 0.717) is 38.9 Å². The Balaban J connectivity index is 1.46. The predicted molar refractivity (Wildman–Crippen MR) is 197 cm³/mol. The van der Waals surface area contributed by atoms with Crippen molar-refractivity contribution in [3.8, 4) is 67.5 Å². The van der Waals surface area contributed by atoms with Crippen LogP contribution in [0.4, 0.5) is 0 Å². The summed E-state index contributed by atoms with van der Waals surface area (Å²) in [5.41, 5.74) is 9.87. The molecule has 7 aromatic carbocycles. The second-order valence-corrected chi connectivity index (χ2v) is 15.1. The van der Waals surface area contributed by atoms with Gasteiger partial charge in [-0.2, -0.15) is 0 Å². The Labute approximate surface area is 280 Å². The lowest BCUT2D eigenvalue weighted by Crippen LogP contribution is -2.36. The van der Waals surface area contributed by atoms with Gasteiger partial charge in [0.1, 0.15) is 16.8 Å². The molecule has 0 saturated carbocycles. The molecule has 0 radical (unpaired) electrons. The SMILES string of the molecule is Cc1ccccc1-c1cc(-c2ccccc2C)c2c3c1Oc1c(-c4ccccc4)cccc1P3(=O)c1cccc(-c3ccccc3)c1O2. The van der Waals surface area contributed by atoms with Gasteiger partial charge in [0.05, 0.1) is 10.6 Å². The molecule has 3 nitrogen and oxygen atoms in total. The van der Waals surface area contributed by atoms with E-state index in [1.807, 2.05) is 84.9 Å². The smallest absolute Gasteiger partial charge is 0.185 e. The van der Waals surface area contributed by atoms with Gasteiger partial charge in [0.25, 0.3) is 0 Å². The first-order valence-corrected chi connectivity index (χ1v) is 17.9. The molecule has 0 saturated heterocycles. The monoisotopic (exact) mass is 638 g/mol. The summed E-state index contributed by atoms with van der Waals surface area (Å²) in [6, 6.07) is 51.3. The minimum Gasteiger partial charge on any atom is -0.454 e. The third kappa shape index (κ3) is 4.18. The Morgan fingerprint density at radius 3 is 1.23 bits per heavy atom. The molecule has 2 aliphatic heterocycles. The second-order valence-electron chi connectivity index (χ2n) is 12.5.